The number of nitrogens with two attached hydrogens (primary N) is 1. The zero-order chi connectivity index (χ0) is 13.0. The monoisotopic (exact) mass is 283 g/mol. The van der Waals surface area contributed by atoms with E-state index < -0.39 is 0 Å². The number of carbonyl (C=O) groups is 1. The van der Waals surface area contributed by atoms with Crippen molar-refractivity contribution in [3.63, 3.8) is 0 Å². The van der Waals surface area contributed by atoms with E-state index in [2.05, 4.69) is 11.9 Å². The summed E-state index contributed by atoms with van der Waals surface area (Å²) in [5, 5.41) is 0. The molecule has 0 aromatic carbocycles. The largest absolute Gasteiger partial charge is 0.339 e. The molecule has 0 saturated carbocycles. The molecule has 1 aromatic heterocycles. The first-order valence-corrected chi connectivity index (χ1v) is 6.69. The second-order valence-corrected chi connectivity index (χ2v) is 4.88. The molecule has 19 heavy (non-hydrogen) atoms. The van der Waals surface area contributed by atoms with Crippen molar-refractivity contribution in [2.45, 2.75) is 32.7 Å². The number of carbonyl (C=O) groups excluding carboxylic acids is 1. The smallest absolute Gasteiger partial charge is 0.253 e. The van der Waals surface area contributed by atoms with Crippen LogP contribution < -0.4 is 5.73 Å². The third-order valence-corrected chi connectivity index (χ3v) is 3.75. The van der Waals surface area contributed by atoms with Crippen LogP contribution in [0.15, 0.2) is 18.3 Å². The van der Waals surface area contributed by atoms with Gasteiger partial charge in [0.1, 0.15) is 0 Å². The Morgan fingerprint density at radius 3 is 2.74 bits per heavy atom. The van der Waals surface area contributed by atoms with Gasteiger partial charge in [-0.1, -0.05) is 13.3 Å². The van der Waals surface area contributed by atoms with Gasteiger partial charge in [0.05, 0.1) is 5.69 Å². The molecule has 2 heterocycles. The number of halogens is 1. The van der Waals surface area contributed by atoms with Gasteiger partial charge < -0.3 is 10.6 Å². The van der Waals surface area contributed by atoms with E-state index in [1.54, 1.807) is 18.3 Å². The zero-order valence-electron chi connectivity index (χ0n) is 11.3. The molecule has 0 radical (unpaired) electrons. The molecule has 1 saturated heterocycles. The lowest BCUT2D eigenvalue weighted by atomic mass is 9.94. The predicted molar refractivity (Wildman–Crippen MR) is 78.3 cm³/mol. The average Bonchev–Trinajstić information content (AvgIpc) is 2.46. The van der Waals surface area contributed by atoms with Crippen LogP contribution >= 0.6 is 12.4 Å². The van der Waals surface area contributed by atoms with E-state index in [1.807, 2.05) is 4.90 Å². The minimum atomic E-state index is 0. The molecule has 2 rings (SSSR count). The summed E-state index contributed by atoms with van der Waals surface area (Å²) in [5.41, 5.74) is 7.02. The fourth-order valence-corrected chi connectivity index (χ4v) is 2.45. The third kappa shape index (κ3) is 3.91. The Hall–Kier alpha value is -1.13. The maximum atomic E-state index is 12.3. The molecule has 0 unspecified atom stereocenters. The van der Waals surface area contributed by atoms with Crippen molar-refractivity contribution in [2.24, 2.45) is 11.7 Å². The summed E-state index contributed by atoms with van der Waals surface area (Å²) in [5.74, 6) is 0.896. The number of hydrogen-bond acceptors (Lipinski definition) is 3. The molecule has 1 aliphatic heterocycles. The molecule has 1 fully saturated rings. The van der Waals surface area contributed by atoms with Gasteiger partial charge >= 0.3 is 0 Å². The van der Waals surface area contributed by atoms with Gasteiger partial charge in [0, 0.05) is 31.4 Å². The van der Waals surface area contributed by atoms with Crippen LogP contribution in [0.4, 0.5) is 0 Å². The van der Waals surface area contributed by atoms with Gasteiger partial charge in [-0.15, -0.1) is 12.4 Å². The fourth-order valence-electron chi connectivity index (χ4n) is 2.45. The highest BCUT2D eigenvalue weighted by atomic mass is 35.5. The maximum absolute atomic E-state index is 12.3. The first-order valence-electron chi connectivity index (χ1n) is 6.69. The summed E-state index contributed by atoms with van der Waals surface area (Å²) in [4.78, 5) is 18.4. The molecule has 1 amide bonds. The Kier molecular flexibility index (Phi) is 6.25. The molecule has 0 spiro atoms. The van der Waals surface area contributed by atoms with Crippen molar-refractivity contribution in [1.82, 2.24) is 9.88 Å². The summed E-state index contributed by atoms with van der Waals surface area (Å²) in [6, 6.07) is 3.57. The van der Waals surface area contributed by atoms with E-state index in [9.17, 15) is 4.79 Å². The minimum absolute atomic E-state index is 0. The van der Waals surface area contributed by atoms with Crippen LogP contribution in [0.25, 0.3) is 0 Å². The molecule has 0 atom stereocenters. The molecule has 106 valence electrons. The summed E-state index contributed by atoms with van der Waals surface area (Å²) < 4.78 is 0. The van der Waals surface area contributed by atoms with Crippen LogP contribution in [0.1, 0.15) is 42.2 Å². The number of rotatable bonds is 3. The van der Waals surface area contributed by atoms with Gasteiger partial charge in [-0.3, -0.25) is 9.78 Å². The Bertz CT molecular complexity index is 417. The Labute approximate surface area is 120 Å². The van der Waals surface area contributed by atoms with E-state index >= 15 is 0 Å². The lowest BCUT2D eigenvalue weighted by molar-refractivity contribution is 0.0688. The molecular weight excluding hydrogens is 262 g/mol. The van der Waals surface area contributed by atoms with Crippen LogP contribution in [0, 0.1) is 5.92 Å². The normalized spacial score (nSPS) is 16.0. The van der Waals surface area contributed by atoms with Crippen molar-refractivity contribution in [2.75, 3.05) is 13.1 Å². The third-order valence-electron chi connectivity index (χ3n) is 3.75. The lowest BCUT2D eigenvalue weighted by Crippen LogP contribution is -2.38. The van der Waals surface area contributed by atoms with E-state index in [0.29, 0.717) is 12.1 Å². The second kappa shape index (κ2) is 7.46. The predicted octanol–water partition coefficient (Wildman–Crippen LogP) is 2.22. The van der Waals surface area contributed by atoms with Gasteiger partial charge in [-0.25, -0.2) is 0 Å². The van der Waals surface area contributed by atoms with Gasteiger partial charge in [0.15, 0.2) is 0 Å². The molecule has 0 bridgehead atoms. The van der Waals surface area contributed by atoms with Crippen LogP contribution in [0.5, 0.6) is 0 Å². The molecular formula is C14H22ClN3O. The molecule has 1 aliphatic rings. The number of hydrogen-bond donors (Lipinski definition) is 1. The Balaban J connectivity index is 0.00000180. The van der Waals surface area contributed by atoms with E-state index in [-0.39, 0.29) is 18.3 Å². The number of amides is 1. The van der Waals surface area contributed by atoms with E-state index in [1.165, 1.54) is 6.42 Å². The standard InChI is InChI=1S/C14H21N3O.ClH/c1-2-11-4-7-17(8-5-11)14(18)12-3-6-16-13(9-12)10-15;/h3,6,9,11H,2,4-5,7-8,10,15H2,1H3;1H. The first kappa shape index (κ1) is 15.9. The van der Waals surface area contributed by atoms with Crippen LogP contribution in [-0.2, 0) is 6.54 Å². The van der Waals surface area contributed by atoms with Crippen molar-refractivity contribution >= 4 is 18.3 Å². The Morgan fingerprint density at radius 2 is 2.16 bits per heavy atom. The molecule has 0 aliphatic carbocycles. The van der Waals surface area contributed by atoms with Crippen LogP contribution in [-0.4, -0.2) is 28.9 Å². The number of aromatic nitrogens is 1. The van der Waals surface area contributed by atoms with Gasteiger partial charge in [0.25, 0.3) is 5.91 Å². The number of piperidine rings is 1. The van der Waals surface area contributed by atoms with Crippen molar-refractivity contribution in [1.29, 1.82) is 0 Å². The van der Waals surface area contributed by atoms with Crippen molar-refractivity contribution in [3.05, 3.63) is 29.6 Å². The quantitative estimate of drug-likeness (QED) is 0.925. The van der Waals surface area contributed by atoms with Gasteiger partial charge in [0.2, 0.25) is 0 Å². The van der Waals surface area contributed by atoms with Crippen molar-refractivity contribution < 1.29 is 4.79 Å². The highest BCUT2D eigenvalue weighted by molar-refractivity contribution is 5.94. The summed E-state index contributed by atoms with van der Waals surface area (Å²) in [7, 11) is 0. The Morgan fingerprint density at radius 1 is 1.47 bits per heavy atom. The maximum Gasteiger partial charge on any atom is 0.253 e. The first-order chi connectivity index (χ1) is 8.74. The summed E-state index contributed by atoms with van der Waals surface area (Å²) in [6.07, 6.45) is 5.12. The topological polar surface area (TPSA) is 59.2 Å². The number of likely N-dealkylation sites (tertiary alicyclic amines) is 1. The van der Waals surface area contributed by atoms with Gasteiger partial charge in [-0.2, -0.15) is 0 Å². The number of nitrogens with zero attached hydrogens (tertiary/aromatic N) is 2. The van der Waals surface area contributed by atoms with Crippen LogP contribution in [0.2, 0.25) is 0 Å². The van der Waals surface area contributed by atoms with E-state index in [4.69, 9.17) is 5.73 Å². The lowest BCUT2D eigenvalue weighted by Gasteiger charge is -2.31. The second-order valence-electron chi connectivity index (χ2n) is 4.88. The zero-order valence-corrected chi connectivity index (χ0v) is 12.2. The molecule has 1 aromatic rings. The van der Waals surface area contributed by atoms with Crippen LogP contribution in [0.3, 0.4) is 0 Å². The molecule has 5 heteroatoms. The molecule has 4 nitrogen and oxygen atoms in total. The van der Waals surface area contributed by atoms with Crippen molar-refractivity contribution in [3.8, 4) is 0 Å². The average molecular weight is 284 g/mol. The molecule has 2 N–H and O–H groups in total. The fraction of sp³-hybridized carbons (Fsp3) is 0.571. The highest BCUT2D eigenvalue weighted by Gasteiger charge is 2.22. The minimum Gasteiger partial charge on any atom is -0.339 e. The SMILES string of the molecule is CCC1CCN(C(=O)c2ccnc(CN)c2)CC1.Cl. The van der Waals surface area contributed by atoms with E-state index in [0.717, 1.165) is 37.5 Å². The summed E-state index contributed by atoms with van der Waals surface area (Å²) in [6.45, 7) is 4.34. The summed E-state index contributed by atoms with van der Waals surface area (Å²) >= 11 is 0. The van der Waals surface area contributed by atoms with Gasteiger partial charge in [-0.05, 0) is 30.9 Å². The highest BCUT2D eigenvalue weighted by Crippen LogP contribution is 2.21. The number of pyridine rings is 1.